The van der Waals surface area contributed by atoms with Gasteiger partial charge in [0.1, 0.15) is 11.5 Å². The van der Waals surface area contributed by atoms with Crippen LogP contribution >= 0.6 is 0 Å². The fraction of sp³-hybridized carbons (Fsp3) is 0.276. The van der Waals surface area contributed by atoms with Crippen molar-refractivity contribution in [1.29, 1.82) is 0 Å². The van der Waals surface area contributed by atoms with Crippen molar-refractivity contribution in [3.05, 3.63) is 95.3 Å². The van der Waals surface area contributed by atoms with E-state index >= 15 is 0 Å². The van der Waals surface area contributed by atoms with Crippen LogP contribution in [0.1, 0.15) is 56.8 Å². The molecule has 1 atom stereocenters. The van der Waals surface area contributed by atoms with Crippen molar-refractivity contribution < 1.29 is 19.4 Å². The predicted molar refractivity (Wildman–Crippen MR) is 136 cm³/mol. The quantitative estimate of drug-likeness (QED) is 0.280. The maximum absolute atomic E-state index is 13.4. The zero-order chi connectivity index (χ0) is 25.2. The molecule has 180 valence electrons. The average Bonchev–Trinajstić information content (AvgIpc) is 3.13. The monoisotopic (exact) mass is 470 g/mol. The summed E-state index contributed by atoms with van der Waals surface area (Å²) in [6, 6.07) is 17.4. The van der Waals surface area contributed by atoms with Gasteiger partial charge in [0.05, 0.1) is 18.2 Å². The van der Waals surface area contributed by atoms with E-state index in [0.717, 1.165) is 17.5 Å². The van der Waals surface area contributed by atoms with Gasteiger partial charge in [-0.2, -0.15) is 0 Å². The SMILES string of the molecule is CCCOc1cccc(N2C(=O)C(=O)/C(=C(/O)c3ccncc3)C2c2ccc(C(C)(C)C)cc2)c1. The first kappa shape index (κ1) is 24.2. The van der Waals surface area contributed by atoms with Gasteiger partial charge in [0.2, 0.25) is 0 Å². The number of Topliss-reactive ketones (excluding diaryl/α,β-unsaturated/α-hetero) is 1. The molecule has 3 aromatic rings. The van der Waals surface area contributed by atoms with E-state index in [4.69, 9.17) is 4.74 Å². The van der Waals surface area contributed by atoms with Gasteiger partial charge in [0.15, 0.2) is 0 Å². The molecule has 1 aliphatic rings. The Kier molecular flexibility index (Phi) is 6.74. The van der Waals surface area contributed by atoms with E-state index in [1.165, 1.54) is 17.3 Å². The lowest BCUT2D eigenvalue weighted by atomic mass is 9.85. The number of aliphatic hydroxyl groups is 1. The molecule has 1 aliphatic heterocycles. The Bertz CT molecular complexity index is 1260. The maximum Gasteiger partial charge on any atom is 0.300 e. The molecule has 1 fully saturated rings. The zero-order valence-electron chi connectivity index (χ0n) is 20.5. The van der Waals surface area contributed by atoms with Crippen molar-refractivity contribution in [2.45, 2.75) is 45.6 Å². The zero-order valence-corrected chi connectivity index (χ0v) is 20.5. The number of benzene rings is 2. The van der Waals surface area contributed by atoms with Crippen molar-refractivity contribution in [2.75, 3.05) is 11.5 Å². The van der Waals surface area contributed by atoms with Crippen LogP contribution in [0.2, 0.25) is 0 Å². The lowest BCUT2D eigenvalue weighted by molar-refractivity contribution is -0.132. The van der Waals surface area contributed by atoms with Crippen LogP contribution in [0.3, 0.4) is 0 Å². The summed E-state index contributed by atoms with van der Waals surface area (Å²) >= 11 is 0. The van der Waals surface area contributed by atoms with Crippen LogP contribution in [-0.4, -0.2) is 28.4 Å². The molecular formula is C29H30N2O4. The number of anilines is 1. The van der Waals surface area contributed by atoms with E-state index in [2.05, 4.69) is 25.8 Å². The molecule has 4 rings (SSSR count). The highest BCUT2D eigenvalue weighted by molar-refractivity contribution is 6.51. The van der Waals surface area contributed by atoms with Gasteiger partial charge in [-0.25, -0.2) is 0 Å². The number of rotatable bonds is 6. The number of amides is 1. The Balaban J connectivity index is 1.88. The van der Waals surface area contributed by atoms with E-state index in [1.807, 2.05) is 37.3 Å². The molecule has 1 aromatic heterocycles. The Morgan fingerprint density at radius 1 is 1.03 bits per heavy atom. The third kappa shape index (κ3) is 4.83. The molecule has 0 aliphatic carbocycles. The molecule has 0 bridgehead atoms. The molecule has 1 amide bonds. The summed E-state index contributed by atoms with van der Waals surface area (Å²) in [5, 5.41) is 11.2. The van der Waals surface area contributed by atoms with Crippen LogP contribution in [0.4, 0.5) is 5.69 Å². The lowest BCUT2D eigenvalue weighted by Gasteiger charge is -2.27. The van der Waals surface area contributed by atoms with Gasteiger partial charge >= 0.3 is 0 Å². The molecule has 0 saturated carbocycles. The number of ether oxygens (including phenoxy) is 1. The number of ketones is 1. The second-order valence-corrected chi connectivity index (χ2v) is 9.62. The normalized spacial score (nSPS) is 17.6. The molecule has 6 nitrogen and oxygen atoms in total. The van der Waals surface area contributed by atoms with E-state index < -0.39 is 17.7 Å². The summed E-state index contributed by atoms with van der Waals surface area (Å²) < 4.78 is 5.76. The summed E-state index contributed by atoms with van der Waals surface area (Å²) in [5.74, 6) is -1.04. The molecule has 1 unspecified atom stereocenters. The van der Waals surface area contributed by atoms with Crippen LogP contribution in [0.25, 0.3) is 5.76 Å². The van der Waals surface area contributed by atoms with Gasteiger partial charge in [-0.05, 0) is 47.2 Å². The highest BCUT2D eigenvalue weighted by atomic mass is 16.5. The number of hydrogen-bond donors (Lipinski definition) is 1. The van der Waals surface area contributed by atoms with Crippen molar-refractivity contribution in [3.63, 3.8) is 0 Å². The molecule has 2 aromatic carbocycles. The molecule has 1 N–H and O–H groups in total. The Morgan fingerprint density at radius 2 is 1.71 bits per heavy atom. The minimum Gasteiger partial charge on any atom is -0.507 e. The number of hydrogen-bond acceptors (Lipinski definition) is 5. The van der Waals surface area contributed by atoms with Crippen LogP contribution in [-0.2, 0) is 15.0 Å². The molecule has 2 heterocycles. The van der Waals surface area contributed by atoms with E-state index in [1.54, 1.807) is 30.3 Å². The molecule has 35 heavy (non-hydrogen) atoms. The standard InChI is InChI=1S/C29H30N2O4/c1-5-17-35-23-8-6-7-22(18-23)31-25(19-9-11-21(12-10-19)29(2,3)4)24(27(33)28(31)34)26(32)20-13-15-30-16-14-20/h6-16,18,25,32H,5,17H2,1-4H3/b26-24+. The van der Waals surface area contributed by atoms with Gasteiger partial charge in [0, 0.05) is 29.7 Å². The van der Waals surface area contributed by atoms with Crippen LogP contribution < -0.4 is 9.64 Å². The van der Waals surface area contributed by atoms with Gasteiger partial charge in [-0.15, -0.1) is 0 Å². The first-order valence-corrected chi connectivity index (χ1v) is 11.8. The second kappa shape index (κ2) is 9.74. The minimum atomic E-state index is -0.793. The van der Waals surface area contributed by atoms with E-state index in [-0.39, 0.29) is 16.7 Å². The van der Waals surface area contributed by atoms with Crippen molar-refractivity contribution in [2.24, 2.45) is 0 Å². The third-order valence-corrected chi connectivity index (χ3v) is 6.06. The number of pyridine rings is 1. The highest BCUT2D eigenvalue weighted by Crippen LogP contribution is 2.43. The summed E-state index contributed by atoms with van der Waals surface area (Å²) in [4.78, 5) is 32.1. The predicted octanol–water partition coefficient (Wildman–Crippen LogP) is 5.79. The number of nitrogens with zero attached hydrogens (tertiary/aromatic N) is 2. The summed E-state index contributed by atoms with van der Waals surface area (Å²) in [5.41, 5.74) is 2.80. The van der Waals surface area contributed by atoms with Gasteiger partial charge in [-0.3, -0.25) is 19.5 Å². The average molecular weight is 471 g/mol. The molecule has 6 heteroatoms. The number of carbonyl (C=O) groups excluding carboxylic acids is 2. The van der Waals surface area contributed by atoms with E-state index in [0.29, 0.717) is 23.6 Å². The first-order chi connectivity index (χ1) is 16.7. The van der Waals surface area contributed by atoms with Gasteiger partial charge < -0.3 is 9.84 Å². The van der Waals surface area contributed by atoms with Crippen molar-refractivity contribution >= 4 is 23.1 Å². The summed E-state index contributed by atoms with van der Waals surface area (Å²) in [6.07, 6.45) is 3.92. The molecule has 1 saturated heterocycles. The smallest absolute Gasteiger partial charge is 0.300 e. The maximum atomic E-state index is 13.4. The Hall–Kier alpha value is -3.93. The van der Waals surface area contributed by atoms with Crippen molar-refractivity contribution in [3.8, 4) is 5.75 Å². The minimum absolute atomic E-state index is 0.0459. The topological polar surface area (TPSA) is 79.7 Å². The van der Waals surface area contributed by atoms with Crippen LogP contribution in [0, 0.1) is 0 Å². The second-order valence-electron chi connectivity index (χ2n) is 9.62. The summed E-state index contributed by atoms with van der Waals surface area (Å²) in [7, 11) is 0. The van der Waals surface area contributed by atoms with Gasteiger partial charge in [-0.1, -0.05) is 58.0 Å². The lowest BCUT2D eigenvalue weighted by Crippen LogP contribution is -2.29. The largest absolute Gasteiger partial charge is 0.507 e. The summed E-state index contributed by atoms with van der Waals surface area (Å²) in [6.45, 7) is 8.93. The molecule has 0 radical (unpaired) electrons. The number of aromatic nitrogens is 1. The Labute approximate surface area is 205 Å². The van der Waals surface area contributed by atoms with Crippen LogP contribution in [0.5, 0.6) is 5.75 Å². The third-order valence-electron chi connectivity index (χ3n) is 6.06. The molecule has 0 spiro atoms. The first-order valence-electron chi connectivity index (χ1n) is 11.8. The highest BCUT2D eigenvalue weighted by Gasteiger charge is 2.47. The molecular weight excluding hydrogens is 440 g/mol. The number of carbonyl (C=O) groups is 2. The fourth-order valence-corrected chi connectivity index (χ4v) is 4.19. The van der Waals surface area contributed by atoms with Gasteiger partial charge in [0.25, 0.3) is 11.7 Å². The van der Waals surface area contributed by atoms with E-state index in [9.17, 15) is 14.7 Å². The van der Waals surface area contributed by atoms with Crippen molar-refractivity contribution in [1.82, 2.24) is 4.98 Å². The number of aliphatic hydroxyl groups excluding tert-OH is 1. The fourth-order valence-electron chi connectivity index (χ4n) is 4.19. The Morgan fingerprint density at radius 3 is 2.34 bits per heavy atom. The van der Waals surface area contributed by atoms with Crippen LogP contribution in [0.15, 0.2) is 78.6 Å².